The van der Waals surface area contributed by atoms with Crippen molar-refractivity contribution in [2.24, 2.45) is 0 Å². The van der Waals surface area contributed by atoms with E-state index in [1.165, 1.54) is 12.1 Å². The molecule has 186 valence electrons. The lowest BCUT2D eigenvalue weighted by Crippen LogP contribution is -2.09. The highest BCUT2D eigenvalue weighted by atomic mass is 19.1. The van der Waals surface area contributed by atoms with Crippen LogP contribution in [0, 0.1) is 5.82 Å². The van der Waals surface area contributed by atoms with E-state index in [4.69, 9.17) is 4.98 Å². The molecule has 3 aromatic heterocycles. The number of hydrogen-bond donors (Lipinski definition) is 3. The molecule has 6 aromatic rings. The number of pyridine rings is 1. The van der Waals surface area contributed by atoms with E-state index in [2.05, 4.69) is 26.3 Å². The van der Waals surface area contributed by atoms with Crippen LogP contribution in [0.15, 0.2) is 97.2 Å². The van der Waals surface area contributed by atoms with Crippen molar-refractivity contribution in [2.45, 2.75) is 13.3 Å². The predicted octanol–water partition coefficient (Wildman–Crippen LogP) is 7.44. The summed E-state index contributed by atoms with van der Waals surface area (Å²) in [5, 5.41) is 3.83. The fraction of sp³-hybridized carbons (Fsp3) is 0.0645. The predicted molar refractivity (Wildman–Crippen MR) is 149 cm³/mol. The molecular formula is C31H24FN5O. The number of carbonyl (C=O) groups excluding carboxylic acids is 1. The van der Waals surface area contributed by atoms with Gasteiger partial charge in [-0.25, -0.2) is 14.4 Å². The number of H-pyrrole nitrogens is 2. The van der Waals surface area contributed by atoms with E-state index in [-0.39, 0.29) is 11.7 Å². The minimum Gasteiger partial charge on any atom is -0.339 e. The number of nitrogens with one attached hydrogen (secondary N) is 3. The lowest BCUT2D eigenvalue weighted by molar-refractivity contribution is -0.115. The number of imidazole rings is 1. The van der Waals surface area contributed by atoms with Gasteiger partial charge in [0, 0.05) is 51.6 Å². The molecule has 0 radical (unpaired) electrons. The minimum absolute atomic E-state index is 0.0375. The minimum atomic E-state index is -0.298. The Morgan fingerprint density at radius 2 is 1.66 bits per heavy atom. The topological polar surface area (TPSA) is 86.5 Å². The second-order valence-electron chi connectivity index (χ2n) is 8.97. The van der Waals surface area contributed by atoms with Crippen LogP contribution in [-0.4, -0.2) is 25.8 Å². The lowest BCUT2D eigenvalue weighted by atomic mass is 10.0. The Morgan fingerprint density at radius 3 is 2.45 bits per heavy atom. The Balaban J connectivity index is 1.49. The Kier molecular flexibility index (Phi) is 6.01. The molecule has 0 spiro atoms. The van der Waals surface area contributed by atoms with E-state index in [9.17, 15) is 9.18 Å². The maximum atomic E-state index is 13.7. The third-order valence-electron chi connectivity index (χ3n) is 6.45. The first-order valence-corrected chi connectivity index (χ1v) is 12.4. The van der Waals surface area contributed by atoms with Gasteiger partial charge in [0.25, 0.3) is 0 Å². The average molecular weight is 502 g/mol. The first-order valence-electron chi connectivity index (χ1n) is 12.4. The van der Waals surface area contributed by atoms with Gasteiger partial charge in [0.1, 0.15) is 17.3 Å². The summed E-state index contributed by atoms with van der Waals surface area (Å²) in [7, 11) is 0. The first kappa shape index (κ1) is 23.4. The molecule has 1 amide bonds. The summed E-state index contributed by atoms with van der Waals surface area (Å²) in [4.78, 5) is 28.3. The van der Waals surface area contributed by atoms with Crippen LogP contribution >= 0.6 is 0 Å². The monoisotopic (exact) mass is 501 g/mol. The molecular weight excluding hydrogens is 477 g/mol. The van der Waals surface area contributed by atoms with Gasteiger partial charge in [-0.05, 0) is 48.5 Å². The molecule has 3 aromatic carbocycles. The molecule has 0 aliphatic rings. The number of aromatic amines is 2. The summed E-state index contributed by atoms with van der Waals surface area (Å²) >= 11 is 0. The maximum Gasteiger partial charge on any atom is 0.224 e. The van der Waals surface area contributed by atoms with Gasteiger partial charge in [-0.1, -0.05) is 49.4 Å². The molecule has 38 heavy (non-hydrogen) atoms. The lowest BCUT2D eigenvalue weighted by Gasteiger charge is -2.05. The van der Waals surface area contributed by atoms with Crippen molar-refractivity contribution >= 4 is 22.6 Å². The number of fused-ring (bicyclic) bond motifs is 1. The molecule has 3 N–H and O–H groups in total. The van der Waals surface area contributed by atoms with Crippen LogP contribution in [0.2, 0.25) is 0 Å². The van der Waals surface area contributed by atoms with Gasteiger partial charge < -0.3 is 15.3 Å². The SMILES string of the molecule is CCC(=O)Nc1cccc(-c2cc3c(-c4[nH]c(-c5ccccc5)nc4-c4ccc(F)cc4)ccnc3[nH]2)c1. The van der Waals surface area contributed by atoms with Crippen molar-refractivity contribution < 1.29 is 9.18 Å². The Morgan fingerprint density at radius 1 is 0.868 bits per heavy atom. The Labute approximate surface area is 218 Å². The van der Waals surface area contributed by atoms with Gasteiger partial charge in [0.2, 0.25) is 5.91 Å². The summed E-state index contributed by atoms with van der Waals surface area (Å²) in [5.74, 6) is 0.387. The normalized spacial score (nSPS) is 11.1. The number of anilines is 1. The highest BCUT2D eigenvalue weighted by Crippen LogP contribution is 2.37. The molecule has 6 rings (SSSR count). The van der Waals surface area contributed by atoms with Crippen LogP contribution in [0.25, 0.3) is 56.2 Å². The molecule has 0 fully saturated rings. The maximum absolute atomic E-state index is 13.7. The van der Waals surface area contributed by atoms with Crippen molar-refractivity contribution in [1.82, 2.24) is 19.9 Å². The highest BCUT2D eigenvalue weighted by molar-refractivity contribution is 5.99. The van der Waals surface area contributed by atoms with Crippen LogP contribution in [0.1, 0.15) is 13.3 Å². The molecule has 0 saturated heterocycles. The van der Waals surface area contributed by atoms with E-state index in [0.29, 0.717) is 6.42 Å². The molecule has 0 unspecified atom stereocenters. The van der Waals surface area contributed by atoms with Crippen LogP contribution in [-0.2, 0) is 4.79 Å². The number of benzene rings is 3. The zero-order chi connectivity index (χ0) is 26.1. The zero-order valence-electron chi connectivity index (χ0n) is 20.6. The Bertz CT molecular complexity index is 1750. The smallest absolute Gasteiger partial charge is 0.224 e. The van der Waals surface area contributed by atoms with E-state index in [1.807, 2.05) is 67.6 Å². The first-order chi connectivity index (χ1) is 18.6. The summed E-state index contributed by atoms with van der Waals surface area (Å²) in [6.07, 6.45) is 2.17. The molecule has 0 aliphatic carbocycles. The Hall–Kier alpha value is -5.04. The van der Waals surface area contributed by atoms with E-state index >= 15 is 0 Å². The van der Waals surface area contributed by atoms with Crippen LogP contribution in [0.3, 0.4) is 0 Å². The molecule has 0 saturated carbocycles. The summed E-state index contributed by atoms with van der Waals surface area (Å²) in [6, 6.07) is 28.0. The molecule has 0 bridgehead atoms. The number of carbonyl (C=O) groups is 1. The van der Waals surface area contributed by atoms with E-state index in [1.54, 1.807) is 18.3 Å². The van der Waals surface area contributed by atoms with Crippen molar-refractivity contribution in [3.8, 4) is 45.2 Å². The number of nitrogens with zero attached hydrogens (tertiary/aromatic N) is 2. The number of halogens is 1. The molecule has 3 heterocycles. The average Bonchev–Trinajstić information content (AvgIpc) is 3.59. The molecule has 6 nitrogen and oxygen atoms in total. The number of rotatable bonds is 6. The number of aromatic nitrogens is 4. The fourth-order valence-corrected chi connectivity index (χ4v) is 4.53. The van der Waals surface area contributed by atoms with Crippen molar-refractivity contribution in [1.29, 1.82) is 0 Å². The molecule has 0 atom stereocenters. The quantitative estimate of drug-likeness (QED) is 0.222. The fourth-order valence-electron chi connectivity index (χ4n) is 4.53. The summed E-state index contributed by atoms with van der Waals surface area (Å²) in [6.45, 7) is 1.82. The van der Waals surface area contributed by atoms with Crippen LogP contribution < -0.4 is 5.32 Å². The number of amides is 1. The van der Waals surface area contributed by atoms with Gasteiger partial charge in [0.05, 0.1) is 11.4 Å². The number of hydrogen-bond acceptors (Lipinski definition) is 3. The largest absolute Gasteiger partial charge is 0.339 e. The third kappa shape index (κ3) is 4.46. The van der Waals surface area contributed by atoms with Crippen molar-refractivity contribution in [3.05, 3.63) is 103 Å². The molecule has 0 aliphatic heterocycles. The standard InChI is InChI=1S/C31H24FN5O/c1-2-27(38)34-23-10-6-9-21(17-23)26-18-25-24(15-16-33-31(25)35-26)29-28(19-11-13-22(32)14-12-19)36-30(37-29)20-7-4-3-5-8-20/h3-18H,2H2,1H3,(H,33,35)(H,34,38)(H,36,37). The van der Waals surface area contributed by atoms with Gasteiger partial charge >= 0.3 is 0 Å². The van der Waals surface area contributed by atoms with Crippen molar-refractivity contribution in [2.75, 3.05) is 5.32 Å². The zero-order valence-corrected chi connectivity index (χ0v) is 20.6. The van der Waals surface area contributed by atoms with Crippen molar-refractivity contribution in [3.63, 3.8) is 0 Å². The van der Waals surface area contributed by atoms with Gasteiger partial charge in [-0.2, -0.15) is 0 Å². The highest BCUT2D eigenvalue weighted by Gasteiger charge is 2.19. The van der Waals surface area contributed by atoms with Gasteiger partial charge in [-0.3, -0.25) is 4.79 Å². The molecule has 7 heteroatoms. The van der Waals surface area contributed by atoms with E-state index < -0.39 is 0 Å². The summed E-state index contributed by atoms with van der Waals surface area (Å²) < 4.78 is 13.7. The van der Waals surface area contributed by atoms with E-state index in [0.717, 1.165) is 61.9 Å². The summed E-state index contributed by atoms with van der Waals surface area (Å²) in [5.41, 5.74) is 7.48. The van der Waals surface area contributed by atoms with Crippen LogP contribution in [0.4, 0.5) is 10.1 Å². The second kappa shape index (κ2) is 9.78. The van der Waals surface area contributed by atoms with Crippen LogP contribution in [0.5, 0.6) is 0 Å². The van der Waals surface area contributed by atoms with Gasteiger partial charge in [-0.15, -0.1) is 0 Å². The van der Waals surface area contributed by atoms with Gasteiger partial charge in [0.15, 0.2) is 0 Å². The second-order valence-corrected chi connectivity index (χ2v) is 8.97. The third-order valence-corrected chi connectivity index (χ3v) is 6.45.